The standard InChI is InChI=1S/C15H18ClN3O2/c1-5-11-13(16)17-15(21)19(14(11)20)10-7-6-9(2)12(8-10)18(3)4/h6-8H,5H2,1-4H3,(H,17,21). The van der Waals surface area contributed by atoms with Crippen molar-refractivity contribution in [3.05, 3.63) is 55.3 Å². The van der Waals surface area contributed by atoms with Crippen LogP contribution in [-0.4, -0.2) is 23.6 Å². The van der Waals surface area contributed by atoms with E-state index in [0.29, 0.717) is 17.7 Å². The Balaban J connectivity index is 2.77. The Labute approximate surface area is 127 Å². The molecule has 5 nitrogen and oxygen atoms in total. The first kappa shape index (κ1) is 15.4. The normalized spacial score (nSPS) is 10.7. The molecule has 1 aromatic heterocycles. The van der Waals surface area contributed by atoms with Gasteiger partial charge in [0.1, 0.15) is 5.15 Å². The van der Waals surface area contributed by atoms with Gasteiger partial charge in [0, 0.05) is 19.8 Å². The van der Waals surface area contributed by atoms with Crippen molar-refractivity contribution >= 4 is 17.3 Å². The molecule has 0 aliphatic carbocycles. The average Bonchev–Trinajstić information content (AvgIpc) is 2.40. The minimum atomic E-state index is -0.532. The van der Waals surface area contributed by atoms with Crippen molar-refractivity contribution in [1.82, 2.24) is 9.55 Å². The lowest BCUT2D eigenvalue weighted by atomic mass is 10.1. The molecular weight excluding hydrogens is 290 g/mol. The van der Waals surface area contributed by atoms with Crippen LogP contribution in [0.1, 0.15) is 18.1 Å². The monoisotopic (exact) mass is 307 g/mol. The highest BCUT2D eigenvalue weighted by molar-refractivity contribution is 6.30. The minimum Gasteiger partial charge on any atom is -0.377 e. The zero-order chi connectivity index (χ0) is 15.7. The number of halogens is 1. The van der Waals surface area contributed by atoms with Gasteiger partial charge in [-0.3, -0.25) is 9.78 Å². The molecule has 6 heteroatoms. The van der Waals surface area contributed by atoms with Crippen molar-refractivity contribution in [2.45, 2.75) is 20.3 Å². The highest BCUT2D eigenvalue weighted by atomic mass is 35.5. The lowest BCUT2D eigenvalue weighted by molar-refractivity contribution is 0.841. The van der Waals surface area contributed by atoms with E-state index >= 15 is 0 Å². The van der Waals surface area contributed by atoms with E-state index in [1.165, 1.54) is 0 Å². The Bertz CT molecular complexity index is 790. The molecule has 0 fully saturated rings. The molecule has 1 aromatic carbocycles. The summed E-state index contributed by atoms with van der Waals surface area (Å²) in [4.78, 5) is 29.0. The van der Waals surface area contributed by atoms with Crippen LogP contribution >= 0.6 is 11.6 Å². The van der Waals surface area contributed by atoms with E-state index in [9.17, 15) is 9.59 Å². The van der Waals surface area contributed by atoms with Crippen molar-refractivity contribution in [2.75, 3.05) is 19.0 Å². The number of rotatable bonds is 3. The second kappa shape index (κ2) is 5.77. The number of aromatic nitrogens is 2. The average molecular weight is 308 g/mol. The molecule has 0 saturated carbocycles. The number of aromatic amines is 1. The summed E-state index contributed by atoms with van der Waals surface area (Å²) in [7, 11) is 3.83. The van der Waals surface area contributed by atoms with Crippen molar-refractivity contribution < 1.29 is 0 Å². The molecule has 1 heterocycles. The molecule has 0 amide bonds. The van der Waals surface area contributed by atoms with E-state index in [1.54, 1.807) is 6.07 Å². The number of H-pyrrole nitrogens is 1. The van der Waals surface area contributed by atoms with E-state index in [2.05, 4.69) is 4.98 Å². The molecule has 0 radical (unpaired) electrons. The molecule has 112 valence electrons. The highest BCUT2D eigenvalue weighted by Crippen LogP contribution is 2.20. The van der Waals surface area contributed by atoms with Crippen LogP contribution in [0.2, 0.25) is 5.15 Å². The fourth-order valence-corrected chi connectivity index (χ4v) is 2.60. The smallest absolute Gasteiger partial charge is 0.334 e. The fraction of sp³-hybridized carbons (Fsp3) is 0.333. The summed E-state index contributed by atoms with van der Waals surface area (Å²) in [5.74, 6) is 0. The lowest BCUT2D eigenvalue weighted by Crippen LogP contribution is -2.36. The van der Waals surface area contributed by atoms with Gasteiger partial charge in [0.05, 0.1) is 11.3 Å². The van der Waals surface area contributed by atoms with Crippen LogP contribution in [0.3, 0.4) is 0 Å². The molecular formula is C15H18ClN3O2. The number of anilines is 1. The van der Waals surface area contributed by atoms with E-state index in [4.69, 9.17) is 11.6 Å². The van der Waals surface area contributed by atoms with Crippen molar-refractivity contribution in [2.24, 2.45) is 0 Å². The van der Waals surface area contributed by atoms with Gasteiger partial charge in [0.2, 0.25) is 0 Å². The Kier molecular flexibility index (Phi) is 4.23. The van der Waals surface area contributed by atoms with Gasteiger partial charge in [-0.15, -0.1) is 0 Å². The maximum Gasteiger partial charge on any atom is 0.334 e. The highest BCUT2D eigenvalue weighted by Gasteiger charge is 2.13. The van der Waals surface area contributed by atoms with Crippen LogP contribution in [0.4, 0.5) is 5.69 Å². The summed E-state index contributed by atoms with van der Waals surface area (Å²) >= 11 is 5.92. The molecule has 0 bridgehead atoms. The van der Waals surface area contributed by atoms with Crippen molar-refractivity contribution in [3.8, 4) is 5.69 Å². The SMILES string of the molecule is CCc1c(Cl)[nH]c(=O)n(-c2ccc(C)c(N(C)C)c2)c1=O. The number of aryl methyl sites for hydroxylation is 1. The van der Waals surface area contributed by atoms with Gasteiger partial charge in [-0.05, 0) is 31.0 Å². The predicted octanol–water partition coefficient (Wildman–Crippen LogP) is 2.12. The minimum absolute atomic E-state index is 0.115. The lowest BCUT2D eigenvalue weighted by Gasteiger charge is -2.17. The van der Waals surface area contributed by atoms with Gasteiger partial charge >= 0.3 is 5.69 Å². The third-order valence-corrected chi connectivity index (χ3v) is 3.75. The molecule has 0 unspecified atom stereocenters. The quantitative estimate of drug-likeness (QED) is 0.884. The van der Waals surface area contributed by atoms with Gasteiger partial charge in [-0.1, -0.05) is 24.6 Å². The third-order valence-electron chi connectivity index (χ3n) is 3.43. The van der Waals surface area contributed by atoms with Crippen LogP contribution in [-0.2, 0) is 6.42 Å². The summed E-state index contributed by atoms with van der Waals surface area (Å²) in [6.07, 6.45) is 0.459. The summed E-state index contributed by atoms with van der Waals surface area (Å²) in [6, 6.07) is 5.46. The summed E-state index contributed by atoms with van der Waals surface area (Å²) in [5, 5.41) is 0.115. The van der Waals surface area contributed by atoms with Gasteiger partial charge in [-0.2, -0.15) is 0 Å². The van der Waals surface area contributed by atoms with Crippen LogP contribution < -0.4 is 16.1 Å². The number of benzene rings is 1. The van der Waals surface area contributed by atoms with Crippen LogP contribution in [0.5, 0.6) is 0 Å². The molecule has 0 aliphatic rings. The number of hydrogen-bond acceptors (Lipinski definition) is 3. The zero-order valence-electron chi connectivity index (χ0n) is 12.5. The molecule has 0 atom stereocenters. The number of nitrogens with zero attached hydrogens (tertiary/aromatic N) is 2. The Morgan fingerprint density at radius 1 is 1.29 bits per heavy atom. The Morgan fingerprint density at radius 2 is 1.95 bits per heavy atom. The third kappa shape index (κ3) is 2.74. The first-order valence-corrected chi connectivity index (χ1v) is 7.06. The van der Waals surface area contributed by atoms with Crippen molar-refractivity contribution in [3.63, 3.8) is 0 Å². The van der Waals surface area contributed by atoms with Gasteiger partial charge in [0.15, 0.2) is 0 Å². The van der Waals surface area contributed by atoms with E-state index in [0.717, 1.165) is 15.8 Å². The first-order valence-electron chi connectivity index (χ1n) is 6.68. The molecule has 1 N–H and O–H groups in total. The molecule has 2 aromatic rings. The zero-order valence-corrected chi connectivity index (χ0v) is 13.3. The summed E-state index contributed by atoms with van der Waals surface area (Å²) in [5.41, 5.74) is 2.05. The van der Waals surface area contributed by atoms with Gasteiger partial charge < -0.3 is 4.90 Å². The Hall–Kier alpha value is -2.01. The second-order valence-corrected chi connectivity index (χ2v) is 5.46. The fourth-order valence-electron chi connectivity index (χ4n) is 2.31. The Morgan fingerprint density at radius 3 is 2.52 bits per heavy atom. The van der Waals surface area contributed by atoms with E-state index in [1.807, 2.05) is 45.0 Å². The van der Waals surface area contributed by atoms with Crippen molar-refractivity contribution in [1.29, 1.82) is 0 Å². The second-order valence-electron chi connectivity index (χ2n) is 5.08. The molecule has 0 spiro atoms. The topological polar surface area (TPSA) is 58.1 Å². The van der Waals surface area contributed by atoms with Crippen LogP contribution in [0, 0.1) is 6.92 Å². The van der Waals surface area contributed by atoms with Crippen LogP contribution in [0.25, 0.3) is 5.69 Å². The number of hydrogen-bond donors (Lipinski definition) is 1. The first-order chi connectivity index (χ1) is 9.86. The maximum absolute atomic E-state index is 12.5. The molecule has 21 heavy (non-hydrogen) atoms. The number of nitrogens with one attached hydrogen (secondary N) is 1. The molecule has 2 rings (SSSR count). The van der Waals surface area contributed by atoms with E-state index < -0.39 is 5.69 Å². The molecule has 0 aliphatic heterocycles. The predicted molar refractivity (Wildman–Crippen MR) is 86.1 cm³/mol. The largest absolute Gasteiger partial charge is 0.377 e. The summed E-state index contributed by atoms with van der Waals surface area (Å²) < 4.78 is 1.12. The van der Waals surface area contributed by atoms with Gasteiger partial charge in [-0.25, -0.2) is 9.36 Å². The van der Waals surface area contributed by atoms with Crippen LogP contribution in [0.15, 0.2) is 27.8 Å². The maximum atomic E-state index is 12.5. The molecule has 0 saturated heterocycles. The van der Waals surface area contributed by atoms with E-state index in [-0.39, 0.29) is 10.7 Å². The summed E-state index contributed by atoms with van der Waals surface area (Å²) in [6.45, 7) is 3.80. The van der Waals surface area contributed by atoms with Gasteiger partial charge in [0.25, 0.3) is 5.56 Å².